The minimum Gasteiger partial charge on any atom is -0.508 e. The summed E-state index contributed by atoms with van der Waals surface area (Å²) in [6.07, 6.45) is 11.9. The molecule has 0 aromatic heterocycles. The highest BCUT2D eigenvalue weighted by molar-refractivity contribution is 8.00. The van der Waals surface area contributed by atoms with Crippen molar-refractivity contribution < 1.29 is 14.7 Å². The van der Waals surface area contributed by atoms with Crippen LogP contribution in [0.15, 0.2) is 29.2 Å². The first kappa shape index (κ1) is 25.3. The minimum atomic E-state index is 0.0811. The fourth-order valence-corrected chi connectivity index (χ4v) is 3.99. The molecule has 0 aliphatic heterocycles. The highest BCUT2D eigenvalue weighted by Gasteiger charge is 2.11. The average molecular weight is 423 g/mol. The number of phenols is 1. The lowest BCUT2D eigenvalue weighted by molar-refractivity contribution is -0.121. The molecule has 3 N–H and O–H groups in total. The van der Waals surface area contributed by atoms with Gasteiger partial charge in [-0.25, -0.2) is 0 Å². The molecule has 0 aliphatic carbocycles. The van der Waals surface area contributed by atoms with Crippen LogP contribution < -0.4 is 10.6 Å². The number of aromatic hydroxyl groups is 1. The quantitative estimate of drug-likeness (QED) is 0.258. The zero-order chi connectivity index (χ0) is 21.3. The van der Waals surface area contributed by atoms with Gasteiger partial charge in [-0.2, -0.15) is 0 Å². The number of carbonyl (C=O) groups is 2. The molecular weight excluding hydrogens is 384 g/mol. The van der Waals surface area contributed by atoms with Crippen molar-refractivity contribution in [3.63, 3.8) is 0 Å². The topological polar surface area (TPSA) is 78.4 Å². The van der Waals surface area contributed by atoms with Crippen molar-refractivity contribution in [3.05, 3.63) is 24.3 Å². The Morgan fingerprint density at radius 1 is 0.931 bits per heavy atom. The smallest absolute Gasteiger partial charge is 0.230 e. The Labute approximate surface area is 180 Å². The third-order valence-corrected chi connectivity index (χ3v) is 5.96. The SMILES string of the molecule is CCCC(CCCCCCCCCC(=O)NC)NC(=O)CSc1ccc(O)cc1. The fourth-order valence-electron chi connectivity index (χ4n) is 3.28. The molecule has 1 aromatic carbocycles. The maximum absolute atomic E-state index is 12.3. The van der Waals surface area contributed by atoms with Gasteiger partial charge in [0, 0.05) is 24.4 Å². The average Bonchev–Trinajstić information content (AvgIpc) is 2.72. The minimum absolute atomic E-state index is 0.0811. The fraction of sp³-hybridized carbons (Fsp3) is 0.652. The second kappa shape index (κ2) is 16.1. The molecule has 1 rings (SSSR count). The number of rotatable bonds is 16. The van der Waals surface area contributed by atoms with Gasteiger partial charge in [0.25, 0.3) is 0 Å². The summed E-state index contributed by atoms with van der Waals surface area (Å²) >= 11 is 1.49. The molecule has 164 valence electrons. The monoisotopic (exact) mass is 422 g/mol. The molecule has 5 nitrogen and oxygen atoms in total. The molecule has 1 unspecified atom stereocenters. The van der Waals surface area contributed by atoms with Gasteiger partial charge in [-0.1, -0.05) is 51.9 Å². The number of hydrogen-bond acceptors (Lipinski definition) is 4. The molecule has 0 saturated carbocycles. The third kappa shape index (κ3) is 13.2. The molecule has 0 bridgehead atoms. The van der Waals surface area contributed by atoms with Crippen LogP contribution in [0.25, 0.3) is 0 Å². The Hall–Kier alpha value is -1.69. The standard InChI is InChI=1S/C23H38N2O3S/c1-3-11-19(12-9-7-5-4-6-8-10-13-22(27)24-2)25-23(28)18-29-21-16-14-20(26)15-17-21/h14-17,19,26H,3-13,18H2,1-2H3,(H,24,27)(H,25,28). The summed E-state index contributed by atoms with van der Waals surface area (Å²) in [6.45, 7) is 2.16. The molecule has 0 heterocycles. The van der Waals surface area contributed by atoms with E-state index in [2.05, 4.69) is 17.6 Å². The van der Waals surface area contributed by atoms with E-state index in [1.54, 1.807) is 19.2 Å². The Balaban J connectivity index is 2.12. The first-order valence-electron chi connectivity index (χ1n) is 11.0. The van der Waals surface area contributed by atoms with Gasteiger partial charge in [-0.15, -0.1) is 11.8 Å². The van der Waals surface area contributed by atoms with Gasteiger partial charge in [0.2, 0.25) is 11.8 Å². The summed E-state index contributed by atoms with van der Waals surface area (Å²) in [5, 5.41) is 15.2. The summed E-state index contributed by atoms with van der Waals surface area (Å²) in [6, 6.07) is 7.20. The van der Waals surface area contributed by atoms with Crippen molar-refractivity contribution in [2.45, 2.75) is 88.5 Å². The van der Waals surface area contributed by atoms with E-state index in [4.69, 9.17) is 0 Å². The Kier molecular flexibility index (Phi) is 14.1. The van der Waals surface area contributed by atoms with E-state index in [0.29, 0.717) is 12.2 Å². The molecule has 0 radical (unpaired) electrons. The lowest BCUT2D eigenvalue weighted by Crippen LogP contribution is -2.35. The van der Waals surface area contributed by atoms with Gasteiger partial charge in [-0.05, 0) is 43.5 Å². The van der Waals surface area contributed by atoms with Crippen LogP contribution >= 0.6 is 11.8 Å². The predicted octanol–water partition coefficient (Wildman–Crippen LogP) is 5.03. The van der Waals surface area contributed by atoms with Crippen molar-refractivity contribution in [3.8, 4) is 5.75 Å². The molecule has 0 fully saturated rings. The van der Waals surface area contributed by atoms with Crippen LogP contribution in [-0.4, -0.2) is 35.8 Å². The van der Waals surface area contributed by atoms with Crippen LogP contribution in [0.3, 0.4) is 0 Å². The van der Waals surface area contributed by atoms with Gasteiger partial charge in [0.15, 0.2) is 0 Å². The highest BCUT2D eigenvalue weighted by Crippen LogP contribution is 2.20. The van der Waals surface area contributed by atoms with Crippen LogP contribution in [0.5, 0.6) is 5.75 Å². The van der Waals surface area contributed by atoms with Crippen LogP contribution in [-0.2, 0) is 9.59 Å². The summed E-state index contributed by atoms with van der Waals surface area (Å²) < 4.78 is 0. The lowest BCUT2D eigenvalue weighted by atomic mass is 10.0. The van der Waals surface area contributed by atoms with E-state index >= 15 is 0 Å². The molecule has 29 heavy (non-hydrogen) atoms. The van der Waals surface area contributed by atoms with Crippen molar-refractivity contribution >= 4 is 23.6 Å². The number of thioether (sulfide) groups is 1. The summed E-state index contributed by atoms with van der Waals surface area (Å²) in [5.41, 5.74) is 0. The van der Waals surface area contributed by atoms with Gasteiger partial charge in [-0.3, -0.25) is 9.59 Å². The van der Waals surface area contributed by atoms with E-state index in [9.17, 15) is 14.7 Å². The second-order valence-corrected chi connectivity index (χ2v) is 8.57. The number of carbonyl (C=O) groups excluding carboxylic acids is 2. The lowest BCUT2D eigenvalue weighted by Gasteiger charge is -2.18. The molecular formula is C23H38N2O3S. The van der Waals surface area contributed by atoms with E-state index in [0.717, 1.165) is 43.4 Å². The highest BCUT2D eigenvalue weighted by atomic mass is 32.2. The van der Waals surface area contributed by atoms with E-state index in [1.165, 1.54) is 37.4 Å². The van der Waals surface area contributed by atoms with Crippen molar-refractivity contribution in [2.24, 2.45) is 0 Å². The van der Waals surface area contributed by atoms with Gasteiger partial charge in [0.05, 0.1) is 5.75 Å². The molecule has 0 aliphatic rings. The predicted molar refractivity (Wildman–Crippen MR) is 121 cm³/mol. The van der Waals surface area contributed by atoms with Crippen molar-refractivity contribution in [2.75, 3.05) is 12.8 Å². The molecule has 2 amide bonds. The van der Waals surface area contributed by atoms with E-state index in [1.807, 2.05) is 12.1 Å². The first-order chi connectivity index (χ1) is 14.0. The van der Waals surface area contributed by atoms with Crippen LogP contribution in [0.1, 0.15) is 77.6 Å². The van der Waals surface area contributed by atoms with E-state index < -0.39 is 0 Å². The third-order valence-electron chi connectivity index (χ3n) is 4.94. The van der Waals surface area contributed by atoms with Crippen molar-refractivity contribution in [1.82, 2.24) is 10.6 Å². The Bertz CT molecular complexity index is 578. The second-order valence-electron chi connectivity index (χ2n) is 7.52. The number of phenolic OH excluding ortho intramolecular Hbond substituents is 1. The van der Waals surface area contributed by atoms with Gasteiger partial charge < -0.3 is 15.7 Å². The molecule has 0 spiro atoms. The zero-order valence-electron chi connectivity index (χ0n) is 18.0. The summed E-state index contributed by atoms with van der Waals surface area (Å²) in [7, 11) is 1.69. The van der Waals surface area contributed by atoms with Gasteiger partial charge >= 0.3 is 0 Å². The first-order valence-corrected chi connectivity index (χ1v) is 12.0. The zero-order valence-corrected chi connectivity index (χ0v) is 18.9. The largest absolute Gasteiger partial charge is 0.508 e. The number of hydrogen-bond donors (Lipinski definition) is 3. The Morgan fingerprint density at radius 3 is 2.17 bits per heavy atom. The maximum Gasteiger partial charge on any atom is 0.230 e. The van der Waals surface area contributed by atoms with Crippen LogP contribution in [0.2, 0.25) is 0 Å². The molecule has 0 saturated heterocycles. The summed E-state index contributed by atoms with van der Waals surface area (Å²) in [4.78, 5) is 24.4. The summed E-state index contributed by atoms with van der Waals surface area (Å²) in [5.74, 6) is 0.861. The normalized spacial score (nSPS) is 11.8. The number of unbranched alkanes of at least 4 members (excludes halogenated alkanes) is 6. The van der Waals surface area contributed by atoms with Gasteiger partial charge in [0.1, 0.15) is 5.75 Å². The number of benzene rings is 1. The van der Waals surface area contributed by atoms with Crippen molar-refractivity contribution in [1.29, 1.82) is 0 Å². The number of nitrogens with one attached hydrogen (secondary N) is 2. The maximum atomic E-state index is 12.3. The molecule has 6 heteroatoms. The molecule has 1 aromatic rings. The number of amides is 2. The molecule has 1 atom stereocenters. The van der Waals surface area contributed by atoms with Crippen LogP contribution in [0.4, 0.5) is 0 Å². The van der Waals surface area contributed by atoms with E-state index in [-0.39, 0.29) is 23.6 Å². The van der Waals surface area contributed by atoms with Crippen LogP contribution in [0, 0.1) is 0 Å². The Morgan fingerprint density at radius 2 is 1.55 bits per heavy atom.